The Kier molecular flexibility index (Phi) is 5.52. The van der Waals surface area contributed by atoms with Gasteiger partial charge in [0.1, 0.15) is 13.2 Å². The fourth-order valence-electron chi connectivity index (χ4n) is 2.32. The van der Waals surface area contributed by atoms with Crippen LogP contribution < -0.4 is 14.8 Å². The zero-order valence-electron chi connectivity index (χ0n) is 12.1. The van der Waals surface area contributed by atoms with Gasteiger partial charge in [0, 0.05) is 6.04 Å². The van der Waals surface area contributed by atoms with Crippen LogP contribution in [0, 0.1) is 0 Å². The first-order valence-electron chi connectivity index (χ1n) is 7.44. The van der Waals surface area contributed by atoms with Crippen LogP contribution in [-0.4, -0.2) is 19.8 Å². The van der Waals surface area contributed by atoms with Crippen molar-refractivity contribution in [3.8, 4) is 11.5 Å². The molecule has 106 valence electrons. The van der Waals surface area contributed by atoms with Crippen LogP contribution in [0.1, 0.15) is 51.1 Å². The molecule has 0 aliphatic carbocycles. The molecular formula is C16H25NO2. The number of ether oxygens (including phenoxy) is 2. The Hall–Kier alpha value is -1.22. The van der Waals surface area contributed by atoms with E-state index >= 15 is 0 Å². The number of nitrogens with one attached hydrogen (secondary N) is 1. The van der Waals surface area contributed by atoms with Crippen molar-refractivity contribution in [1.29, 1.82) is 0 Å². The molecule has 19 heavy (non-hydrogen) atoms. The lowest BCUT2D eigenvalue weighted by Crippen LogP contribution is -2.20. The average Bonchev–Trinajstić information content (AvgIpc) is 2.46. The molecule has 0 bridgehead atoms. The Morgan fingerprint density at radius 1 is 1.11 bits per heavy atom. The second kappa shape index (κ2) is 7.39. The highest BCUT2D eigenvalue weighted by Crippen LogP contribution is 2.32. The second-order valence-electron chi connectivity index (χ2n) is 5.14. The van der Waals surface area contributed by atoms with Crippen LogP contribution in [0.15, 0.2) is 18.2 Å². The van der Waals surface area contributed by atoms with Crippen LogP contribution in [0.3, 0.4) is 0 Å². The summed E-state index contributed by atoms with van der Waals surface area (Å²) in [4.78, 5) is 0. The molecule has 0 aromatic heterocycles. The van der Waals surface area contributed by atoms with Gasteiger partial charge >= 0.3 is 0 Å². The highest BCUT2D eigenvalue weighted by molar-refractivity contribution is 5.44. The van der Waals surface area contributed by atoms with Crippen molar-refractivity contribution in [2.75, 3.05) is 19.8 Å². The van der Waals surface area contributed by atoms with Crippen molar-refractivity contribution in [3.05, 3.63) is 23.8 Å². The zero-order valence-corrected chi connectivity index (χ0v) is 12.1. The SMILES string of the molecule is CCCCCCNC(C)c1ccc2c(c1)OCCO2. The Labute approximate surface area is 116 Å². The van der Waals surface area contributed by atoms with E-state index in [0.29, 0.717) is 19.3 Å². The van der Waals surface area contributed by atoms with E-state index in [0.717, 1.165) is 18.0 Å². The Morgan fingerprint density at radius 3 is 2.68 bits per heavy atom. The number of fused-ring (bicyclic) bond motifs is 1. The molecule has 2 rings (SSSR count). The standard InChI is InChI=1S/C16H25NO2/c1-3-4-5-6-9-17-13(2)14-7-8-15-16(12-14)19-11-10-18-15/h7-8,12-13,17H,3-6,9-11H2,1-2H3. The van der Waals surface area contributed by atoms with Crippen molar-refractivity contribution in [2.24, 2.45) is 0 Å². The molecule has 0 fully saturated rings. The number of hydrogen-bond donors (Lipinski definition) is 1. The van der Waals surface area contributed by atoms with Gasteiger partial charge in [-0.1, -0.05) is 32.3 Å². The van der Waals surface area contributed by atoms with Crippen LogP contribution in [0.5, 0.6) is 11.5 Å². The smallest absolute Gasteiger partial charge is 0.161 e. The molecule has 1 aromatic rings. The lowest BCUT2D eigenvalue weighted by molar-refractivity contribution is 0.171. The predicted molar refractivity (Wildman–Crippen MR) is 78.0 cm³/mol. The molecule has 1 aromatic carbocycles. The third-order valence-electron chi connectivity index (χ3n) is 3.55. The Bertz CT molecular complexity index is 392. The average molecular weight is 263 g/mol. The van der Waals surface area contributed by atoms with Gasteiger partial charge in [0.15, 0.2) is 11.5 Å². The summed E-state index contributed by atoms with van der Waals surface area (Å²) in [5.74, 6) is 1.74. The molecule has 1 heterocycles. The van der Waals surface area contributed by atoms with E-state index in [-0.39, 0.29) is 0 Å². The van der Waals surface area contributed by atoms with Crippen molar-refractivity contribution in [1.82, 2.24) is 5.32 Å². The molecule has 3 heteroatoms. The van der Waals surface area contributed by atoms with Gasteiger partial charge in [0.25, 0.3) is 0 Å². The van der Waals surface area contributed by atoms with Crippen LogP contribution in [0.25, 0.3) is 0 Å². The first-order valence-corrected chi connectivity index (χ1v) is 7.44. The zero-order chi connectivity index (χ0) is 13.5. The maximum atomic E-state index is 5.62. The summed E-state index contributed by atoms with van der Waals surface area (Å²) < 4.78 is 11.2. The number of hydrogen-bond acceptors (Lipinski definition) is 3. The van der Waals surface area contributed by atoms with E-state index in [1.54, 1.807) is 0 Å². The molecule has 0 saturated carbocycles. The minimum Gasteiger partial charge on any atom is -0.486 e. The highest BCUT2D eigenvalue weighted by Gasteiger charge is 2.13. The van der Waals surface area contributed by atoms with Crippen molar-refractivity contribution >= 4 is 0 Å². The van der Waals surface area contributed by atoms with E-state index in [4.69, 9.17) is 9.47 Å². The summed E-state index contributed by atoms with van der Waals surface area (Å²) in [7, 11) is 0. The number of rotatable bonds is 7. The van der Waals surface area contributed by atoms with Crippen molar-refractivity contribution in [2.45, 2.75) is 45.6 Å². The fourth-order valence-corrected chi connectivity index (χ4v) is 2.32. The minimum absolute atomic E-state index is 0.359. The van der Waals surface area contributed by atoms with Gasteiger partial charge in [-0.2, -0.15) is 0 Å². The second-order valence-corrected chi connectivity index (χ2v) is 5.14. The van der Waals surface area contributed by atoms with Gasteiger partial charge in [-0.05, 0) is 37.6 Å². The minimum atomic E-state index is 0.359. The molecule has 1 N–H and O–H groups in total. The molecule has 0 saturated heterocycles. The van der Waals surface area contributed by atoms with Gasteiger partial charge in [0.05, 0.1) is 0 Å². The largest absolute Gasteiger partial charge is 0.486 e. The first-order chi connectivity index (χ1) is 9.31. The van der Waals surface area contributed by atoms with Crippen LogP contribution in [-0.2, 0) is 0 Å². The lowest BCUT2D eigenvalue weighted by atomic mass is 10.1. The van der Waals surface area contributed by atoms with Gasteiger partial charge in [-0.3, -0.25) is 0 Å². The van der Waals surface area contributed by atoms with Gasteiger partial charge in [-0.25, -0.2) is 0 Å². The van der Waals surface area contributed by atoms with Crippen molar-refractivity contribution < 1.29 is 9.47 Å². The topological polar surface area (TPSA) is 30.5 Å². The third-order valence-corrected chi connectivity index (χ3v) is 3.55. The Balaban J connectivity index is 1.83. The van der Waals surface area contributed by atoms with Crippen LogP contribution in [0.2, 0.25) is 0 Å². The quantitative estimate of drug-likeness (QED) is 0.761. The summed E-state index contributed by atoms with van der Waals surface area (Å²) >= 11 is 0. The normalized spacial score (nSPS) is 15.3. The summed E-state index contributed by atoms with van der Waals surface area (Å²) in [6.45, 7) is 6.82. The van der Waals surface area contributed by atoms with E-state index in [1.807, 2.05) is 6.07 Å². The maximum absolute atomic E-state index is 5.62. The van der Waals surface area contributed by atoms with E-state index < -0.39 is 0 Å². The van der Waals surface area contributed by atoms with E-state index in [1.165, 1.54) is 31.2 Å². The molecular weight excluding hydrogens is 238 g/mol. The van der Waals surface area contributed by atoms with Gasteiger partial charge in [-0.15, -0.1) is 0 Å². The molecule has 1 unspecified atom stereocenters. The summed E-state index contributed by atoms with van der Waals surface area (Å²) in [6.07, 6.45) is 5.19. The van der Waals surface area contributed by atoms with E-state index in [9.17, 15) is 0 Å². The first kappa shape index (κ1) is 14.2. The lowest BCUT2D eigenvalue weighted by Gasteiger charge is -2.21. The molecule has 0 radical (unpaired) electrons. The molecule has 1 atom stereocenters. The van der Waals surface area contributed by atoms with E-state index in [2.05, 4.69) is 31.3 Å². The molecule has 0 amide bonds. The highest BCUT2D eigenvalue weighted by atomic mass is 16.6. The van der Waals surface area contributed by atoms with Gasteiger partial charge < -0.3 is 14.8 Å². The molecule has 3 nitrogen and oxygen atoms in total. The molecule has 1 aliphatic rings. The Morgan fingerprint density at radius 2 is 1.89 bits per heavy atom. The maximum Gasteiger partial charge on any atom is 0.161 e. The van der Waals surface area contributed by atoms with Crippen molar-refractivity contribution in [3.63, 3.8) is 0 Å². The number of benzene rings is 1. The predicted octanol–water partition coefficient (Wildman–Crippen LogP) is 3.69. The molecule has 0 spiro atoms. The van der Waals surface area contributed by atoms with Crippen LogP contribution >= 0.6 is 0 Å². The van der Waals surface area contributed by atoms with Crippen LogP contribution in [0.4, 0.5) is 0 Å². The summed E-state index contributed by atoms with van der Waals surface area (Å²) in [5.41, 5.74) is 1.26. The molecule has 1 aliphatic heterocycles. The van der Waals surface area contributed by atoms with Gasteiger partial charge in [0.2, 0.25) is 0 Å². The monoisotopic (exact) mass is 263 g/mol. The summed E-state index contributed by atoms with van der Waals surface area (Å²) in [5, 5.41) is 3.57. The number of unbranched alkanes of at least 4 members (excludes halogenated alkanes) is 3. The fraction of sp³-hybridized carbons (Fsp3) is 0.625. The third kappa shape index (κ3) is 4.13. The summed E-state index contributed by atoms with van der Waals surface area (Å²) in [6, 6.07) is 6.59.